The van der Waals surface area contributed by atoms with Crippen LogP contribution in [0.5, 0.6) is 0 Å². The van der Waals surface area contributed by atoms with Gasteiger partial charge < -0.3 is 15.4 Å². The van der Waals surface area contributed by atoms with E-state index in [-0.39, 0.29) is 41.3 Å². The van der Waals surface area contributed by atoms with Crippen molar-refractivity contribution in [1.82, 2.24) is 14.9 Å². The Labute approximate surface area is 164 Å². The van der Waals surface area contributed by atoms with E-state index in [2.05, 4.69) is 20.7 Å². The van der Waals surface area contributed by atoms with Gasteiger partial charge in [0.25, 0.3) is 5.95 Å². The predicted molar refractivity (Wildman–Crippen MR) is 102 cm³/mol. The topological polar surface area (TPSA) is 132 Å². The molecule has 138 valence electrons. The van der Waals surface area contributed by atoms with Crippen molar-refractivity contribution in [2.45, 2.75) is 0 Å². The fraction of sp³-hybridized carbons (Fsp3) is 0. The van der Waals surface area contributed by atoms with Gasteiger partial charge >= 0.3 is 5.97 Å². The summed E-state index contributed by atoms with van der Waals surface area (Å²) in [5, 5.41) is 20.5. The van der Waals surface area contributed by atoms with Gasteiger partial charge in [-0.3, -0.25) is 0 Å². The number of hydrazone groups is 1. The highest BCUT2D eigenvalue weighted by Crippen LogP contribution is 2.26. The minimum atomic E-state index is -1.11. The number of hydrogen-bond donors (Lipinski definition) is 3. The minimum Gasteiger partial charge on any atom is -0.478 e. The summed E-state index contributed by atoms with van der Waals surface area (Å²) < 4.78 is 6.77. The van der Waals surface area contributed by atoms with Gasteiger partial charge in [0.15, 0.2) is 0 Å². The van der Waals surface area contributed by atoms with Crippen molar-refractivity contribution < 1.29 is 14.3 Å². The first-order chi connectivity index (χ1) is 11.5. The van der Waals surface area contributed by atoms with Crippen molar-refractivity contribution in [1.29, 1.82) is 0 Å². The number of halogens is 3. The van der Waals surface area contributed by atoms with Crippen LogP contribution in [0.25, 0.3) is 11.3 Å². The SMILES string of the molecule is Cl.Cl.Nn1cnnc1NN=Cc1ccc(-c2ccc(Cl)c(C(=O)O)c2)o1. The van der Waals surface area contributed by atoms with Gasteiger partial charge in [0.2, 0.25) is 0 Å². The molecule has 2 heterocycles. The van der Waals surface area contributed by atoms with Crippen LogP contribution in [0.2, 0.25) is 5.02 Å². The number of furan rings is 1. The van der Waals surface area contributed by atoms with E-state index >= 15 is 0 Å². The van der Waals surface area contributed by atoms with Crippen LogP contribution in [0.3, 0.4) is 0 Å². The number of benzene rings is 1. The van der Waals surface area contributed by atoms with Crippen molar-refractivity contribution in [2.24, 2.45) is 5.10 Å². The third kappa shape index (κ3) is 4.66. The van der Waals surface area contributed by atoms with Gasteiger partial charge in [-0.1, -0.05) is 11.6 Å². The summed E-state index contributed by atoms with van der Waals surface area (Å²) in [4.78, 5) is 11.1. The number of carbonyl (C=O) groups is 1. The van der Waals surface area contributed by atoms with E-state index in [0.717, 1.165) is 0 Å². The van der Waals surface area contributed by atoms with Crippen molar-refractivity contribution in [3.05, 3.63) is 53.0 Å². The molecule has 0 amide bonds. The Morgan fingerprint density at radius 3 is 2.77 bits per heavy atom. The third-order valence-electron chi connectivity index (χ3n) is 3.04. The average molecular weight is 420 g/mol. The molecule has 0 radical (unpaired) electrons. The summed E-state index contributed by atoms with van der Waals surface area (Å²) in [7, 11) is 0. The molecule has 0 unspecified atom stereocenters. The Morgan fingerprint density at radius 1 is 1.35 bits per heavy atom. The maximum atomic E-state index is 11.1. The molecular weight excluding hydrogens is 407 g/mol. The summed E-state index contributed by atoms with van der Waals surface area (Å²) in [5.74, 6) is 5.62. The number of nitrogens with two attached hydrogens (primary N) is 1. The number of nitrogens with one attached hydrogen (secondary N) is 1. The van der Waals surface area contributed by atoms with E-state index in [1.54, 1.807) is 18.2 Å². The molecule has 3 aromatic rings. The van der Waals surface area contributed by atoms with E-state index in [1.807, 2.05) is 0 Å². The second-order valence-corrected chi connectivity index (χ2v) is 5.04. The van der Waals surface area contributed by atoms with Crippen LogP contribution in [0.4, 0.5) is 5.95 Å². The zero-order valence-electron chi connectivity index (χ0n) is 12.9. The van der Waals surface area contributed by atoms with E-state index in [4.69, 9.17) is 27.0 Å². The largest absolute Gasteiger partial charge is 0.478 e. The molecule has 2 aromatic heterocycles. The standard InChI is InChI=1S/C14H11ClN6O3.2ClH/c15-11-3-1-8(5-10(11)13(22)23)12-4-2-9(24-12)6-17-19-14-20-18-7-21(14)16;;/h1-7H,16H2,(H,19,20)(H,22,23);2*1H. The molecule has 0 saturated heterocycles. The monoisotopic (exact) mass is 418 g/mol. The zero-order valence-corrected chi connectivity index (χ0v) is 15.3. The molecule has 4 N–H and O–H groups in total. The Hall–Kier alpha value is -2.75. The molecule has 0 aliphatic rings. The summed E-state index contributed by atoms with van der Waals surface area (Å²) >= 11 is 5.85. The molecule has 1 aromatic carbocycles. The highest BCUT2D eigenvalue weighted by molar-refractivity contribution is 6.33. The molecule has 0 saturated carbocycles. The molecule has 0 atom stereocenters. The van der Waals surface area contributed by atoms with Gasteiger partial charge in [0, 0.05) is 5.56 Å². The second kappa shape index (κ2) is 9.09. The van der Waals surface area contributed by atoms with E-state index in [9.17, 15) is 4.79 Å². The lowest BCUT2D eigenvalue weighted by atomic mass is 10.1. The van der Waals surface area contributed by atoms with Gasteiger partial charge in [-0.2, -0.15) is 5.10 Å². The van der Waals surface area contributed by atoms with Crippen LogP contribution < -0.4 is 11.3 Å². The number of rotatable bonds is 5. The number of carboxylic acids is 1. The quantitative estimate of drug-likeness (QED) is 0.329. The average Bonchev–Trinajstić information content (AvgIpc) is 3.17. The number of hydrogen-bond acceptors (Lipinski definition) is 7. The molecule has 3 rings (SSSR count). The van der Waals surface area contributed by atoms with Gasteiger partial charge in [0.05, 0.1) is 16.8 Å². The lowest BCUT2D eigenvalue weighted by Crippen LogP contribution is -2.10. The normalized spacial score (nSPS) is 10.2. The fourth-order valence-corrected chi connectivity index (χ4v) is 2.09. The van der Waals surface area contributed by atoms with Crippen LogP contribution in [0.1, 0.15) is 16.1 Å². The number of nitrogens with zero attached hydrogens (tertiary/aromatic N) is 4. The van der Waals surface area contributed by atoms with Gasteiger partial charge in [-0.05, 0) is 30.3 Å². The highest BCUT2D eigenvalue weighted by atomic mass is 35.5. The number of nitrogen functional groups attached to an aromatic ring is 1. The molecule has 0 aliphatic carbocycles. The van der Waals surface area contributed by atoms with Gasteiger partial charge in [0.1, 0.15) is 17.8 Å². The Bertz CT molecular complexity index is 924. The lowest BCUT2D eigenvalue weighted by molar-refractivity contribution is 0.0697. The molecule has 0 fully saturated rings. The Balaban J connectivity index is 0.00000169. The molecule has 0 spiro atoms. The molecule has 26 heavy (non-hydrogen) atoms. The Morgan fingerprint density at radius 2 is 2.12 bits per heavy atom. The van der Waals surface area contributed by atoms with Crippen molar-refractivity contribution >= 4 is 54.5 Å². The van der Waals surface area contributed by atoms with Crippen LogP contribution in [-0.4, -0.2) is 32.2 Å². The summed E-state index contributed by atoms with van der Waals surface area (Å²) in [6.45, 7) is 0. The lowest BCUT2D eigenvalue weighted by Gasteiger charge is -2.01. The summed E-state index contributed by atoms with van der Waals surface area (Å²) in [5.41, 5.74) is 3.19. The number of anilines is 1. The number of aromatic nitrogens is 3. The molecule has 0 aliphatic heterocycles. The first kappa shape index (κ1) is 21.3. The molecule has 9 nitrogen and oxygen atoms in total. The third-order valence-corrected chi connectivity index (χ3v) is 3.37. The molecule has 0 bridgehead atoms. The summed E-state index contributed by atoms with van der Waals surface area (Å²) in [6, 6.07) is 8.00. The molecule has 12 heteroatoms. The van der Waals surface area contributed by atoms with Crippen LogP contribution in [0.15, 0.2) is 46.2 Å². The maximum absolute atomic E-state index is 11.1. The summed E-state index contributed by atoms with van der Waals surface area (Å²) in [6.07, 6.45) is 2.75. The van der Waals surface area contributed by atoms with Gasteiger partial charge in [-0.25, -0.2) is 14.9 Å². The van der Waals surface area contributed by atoms with E-state index in [1.165, 1.54) is 29.4 Å². The van der Waals surface area contributed by atoms with Crippen molar-refractivity contribution in [2.75, 3.05) is 11.3 Å². The maximum Gasteiger partial charge on any atom is 0.337 e. The number of carboxylic acid groups (broad SMARTS) is 1. The van der Waals surface area contributed by atoms with Gasteiger partial charge in [-0.15, -0.1) is 35.0 Å². The first-order valence-corrected chi connectivity index (χ1v) is 6.99. The zero-order chi connectivity index (χ0) is 17.1. The van der Waals surface area contributed by atoms with Crippen LogP contribution in [-0.2, 0) is 0 Å². The smallest absolute Gasteiger partial charge is 0.337 e. The van der Waals surface area contributed by atoms with E-state index < -0.39 is 5.97 Å². The van der Waals surface area contributed by atoms with Crippen LogP contribution >= 0.6 is 36.4 Å². The van der Waals surface area contributed by atoms with Crippen molar-refractivity contribution in [3.63, 3.8) is 0 Å². The van der Waals surface area contributed by atoms with E-state index in [0.29, 0.717) is 17.1 Å². The van der Waals surface area contributed by atoms with Crippen LogP contribution in [0, 0.1) is 0 Å². The second-order valence-electron chi connectivity index (χ2n) is 4.63. The molecular formula is C14H13Cl3N6O3. The number of aromatic carboxylic acids is 1. The van der Waals surface area contributed by atoms with Crippen molar-refractivity contribution in [3.8, 4) is 11.3 Å². The Kier molecular flexibility index (Phi) is 7.44. The fourth-order valence-electron chi connectivity index (χ4n) is 1.90. The minimum absolute atomic E-state index is 0. The highest BCUT2D eigenvalue weighted by Gasteiger charge is 2.12. The predicted octanol–water partition coefficient (Wildman–Crippen LogP) is 2.89. The first-order valence-electron chi connectivity index (χ1n) is 6.62.